The van der Waals surface area contributed by atoms with Crippen LogP contribution in [0, 0.1) is 0 Å². The smallest absolute Gasteiger partial charge is 0.231 e. The molecular formula is C14H19NO4. The van der Waals surface area contributed by atoms with E-state index in [-0.39, 0.29) is 12.9 Å². The van der Waals surface area contributed by atoms with Crippen molar-refractivity contribution in [3.05, 3.63) is 17.7 Å². The second kappa shape index (κ2) is 5.67. The minimum atomic E-state index is 0.185. The standard InChI is InChI=1S/C14H19NO4/c15-7-10-5-13-14(19-9-18-13)6-12(10)17-8-11-3-1-2-4-16-11/h5-6,11H,1-4,7-9,15H2. The monoisotopic (exact) mass is 265 g/mol. The summed E-state index contributed by atoms with van der Waals surface area (Å²) >= 11 is 0. The first-order valence-electron chi connectivity index (χ1n) is 6.74. The highest BCUT2D eigenvalue weighted by molar-refractivity contribution is 5.51. The average molecular weight is 265 g/mol. The maximum Gasteiger partial charge on any atom is 0.231 e. The quantitative estimate of drug-likeness (QED) is 0.899. The molecule has 5 nitrogen and oxygen atoms in total. The Kier molecular flexibility index (Phi) is 3.75. The highest BCUT2D eigenvalue weighted by Gasteiger charge is 2.19. The van der Waals surface area contributed by atoms with Crippen molar-refractivity contribution in [2.24, 2.45) is 5.73 Å². The zero-order chi connectivity index (χ0) is 13.1. The number of hydrogen-bond donors (Lipinski definition) is 1. The summed E-state index contributed by atoms with van der Waals surface area (Å²) in [6.07, 6.45) is 3.60. The predicted molar refractivity (Wildman–Crippen MR) is 69.5 cm³/mol. The van der Waals surface area contributed by atoms with Gasteiger partial charge in [0.15, 0.2) is 11.5 Å². The molecule has 0 bridgehead atoms. The first-order valence-corrected chi connectivity index (χ1v) is 6.74. The van der Waals surface area contributed by atoms with Crippen molar-refractivity contribution in [1.82, 2.24) is 0 Å². The van der Waals surface area contributed by atoms with Gasteiger partial charge >= 0.3 is 0 Å². The van der Waals surface area contributed by atoms with Crippen LogP contribution < -0.4 is 19.9 Å². The molecule has 104 valence electrons. The summed E-state index contributed by atoms with van der Waals surface area (Å²) in [5, 5.41) is 0. The maximum absolute atomic E-state index is 5.85. The summed E-state index contributed by atoms with van der Waals surface area (Å²) in [4.78, 5) is 0. The van der Waals surface area contributed by atoms with E-state index in [0.717, 1.165) is 42.3 Å². The summed E-state index contributed by atoms with van der Waals surface area (Å²) in [5.74, 6) is 2.22. The number of benzene rings is 1. The molecular weight excluding hydrogens is 246 g/mol. The number of fused-ring (bicyclic) bond motifs is 1. The Morgan fingerprint density at radius 2 is 2.05 bits per heavy atom. The van der Waals surface area contributed by atoms with Crippen LogP contribution in [0.1, 0.15) is 24.8 Å². The fourth-order valence-electron chi connectivity index (χ4n) is 2.38. The summed E-state index contributed by atoms with van der Waals surface area (Å²) < 4.78 is 22.2. The number of hydrogen-bond acceptors (Lipinski definition) is 5. The minimum Gasteiger partial charge on any atom is -0.490 e. The molecule has 0 spiro atoms. The molecule has 19 heavy (non-hydrogen) atoms. The van der Waals surface area contributed by atoms with Crippen LogP contribution in [0.25, 0.3) is 0 Å². The third-order valence-electron chi connectivity index (χ3n) is 3.47. The molecule has 1 unspecified atom stereocenters. The topological polar surface area (TPSA) is 62.9 Å². The fourth-order valence-corrected chi connectivity index (χ4v) is 2.38. The zero-order valence-corrected chi connectivity index (χ0v) is 10.9. The molecule has 0 aliphatic carbocycles. The van der Waals surface area contributed by atoms with Gasteiger partial charge in [0.2, 0.25) is 6.79 Å². The van der Waals surface area contributed by atoms with Gasteiger partial charge in [0.05, 0.1) is 6.10 Å². The largest absolute Gasteiger partial charge is 0.490 e. The molecule has 1 aromatic carbocycles. The van der Waals surface area contributed by atoms with Crippen LogP contribution in [0.3, 0.4) is 0 Å². The minimum absolute atomic E-state index is 0.185. The van der Waals surface area contributed by atoms with E-state index in [2.05, 4.69) is 0 Å². The fraction of sp³-hybridized carbons (Fsp3) is 0.571. The molecule has 0 saturated carbocycles. The Morgan fingerprint density at radius 3 is 2.79 bits per heavy atom. The van der Waals surface area contributed by atoms with Crippen molar-refractivity contribution < 1.29 is 18.9 Å². The maximum atomic E-state index is 5.85. The lowest BCUT2D eigenvalue weighted by Gasteiger charge is -2.23. The van der Waals surface area contributed by atoms with Crippen molar-refractivity contribution in [3.63, 3.8) is 0 Å². The first kappa shape index (κ1) is 12.6. The Bertz CT molecular complexity index is 443. The second-order valence-electron chi connectivity index (χ2n) is 4.82. The van der Waals surface area contributed by atoms with Crippen LogP contribution in [-0.4, -0.2) is 26.1 Å². The van der Waals surface area contributed by atoms with E-state index in [1.54, 1.807) is 0 Å². The normalized spacial score (nSPS) is 21.4. The van der Waals surface area contributed by atoms with Gasteiger partial charge in [-0.3, -0.25) is 0 Å². The van der Waals surface area contributed by atoms with Crippen LogP contribution in [-0.2, 0) is 11.3 Å². The highest BCUT2D eigenvalue weighted by Crippen LogP contribution is 2.38. The Hall–Kier alpha value is -1.46. The van der Waals surface area contributed by atoms with E-state index in [1.807, 2.05) is 12.1 Å². The average Bonchev–Trinajstić information content (AvgIpc) is 2.92. The number of ether oxygens (including phenoxy) is 4. The summed E-state index contributed by atoms with van der Waals surface area (Å²) in [7, 11) is 0. The van der Waals surface area contributed by atoms with Gasteiger partial charge in [-0.15, -0.1) is 0 Å². The van der Waals surface area contributed by atoms with Gasteiger partial charge in [-0.25, -0.2) is 0 Å². The van der Waals surface area contributed by atoms with Gasteiger partial charge in [-0.1, -0.05) is 0 Å². The molecule has 2 N–H and O–H groups in total. The van der Waals surface area contributed by atoms with E-state index in [0.29, 0.717) is 13.2 Å². The molecule has 0 amide bonds. The third kappa shape index (κ3) is 2.77. The van der Waals surface area contributed by atoms with Crippen LogP contribution in [0.4, 0.5) is 0 Å². The predicted octanol–water partition coefficient (Wildman–Crippen LogP) is 1.82. The molecule has 1 atom stereocenters. The van der Waals surface area contributed by atoms with E-state index in [1.165, 1.54) is 6.42 Å². The molecule has 2 aliphatic rings. The van der Waals surface area contributed by atoms with E-state index in [4.69, 9.17) is 24.7 Å². The summed E-state index contributed by atoms with van der Waals surface area (Å²) in [5.41, 5.74) is 6.68. The van der Waals surface area contributed by atoms with Crippen molar-refractivity contribution in [2.45, 2.75) is 31.9 Å². The van der Waals surface area contributed by atoms with Crippen LogP contribution in [0.2, 0.25) is 0 Å². The molecule has 3 rings (SSSR count). The van der Waals surface area contributed by atoms with Crippen LogP contribution in [0.5, 0.6) is 17.2 Å². The molecule has 5 heteroatoms. The van der Waals surface area contributed by atoms with E-state index in [9.17, 15) is 0 Å². The lowest BCUT2D eigenvalue weighted by Crippen LogP contribution is -2.26. The molecule has 2 aliphatic heterocycles. The van der Waals surface area contributed by atoms with Gasteiger partial charge < -0.3 is 24.7 Å². The van der Waals surface area contributed by atoms with E-state index >= 15 is 0 Å². The lowest BCUT2D eigenvalue weighted by atomic mass is 10.1. The van der Waals surface area contributed by atoms with Crippen molar-refractivity contribution >= 4 is 0 Å². The van der Waals surface area contributed by atoms with Crippen LogP contribution in [0.15, 0.2) is 12.1 Å². The van der Waals surface area contributed by atoms with Gasteiger partial charge in [0.25, 0.3) is 0 Å². The number of rotatable bonds is 4. The molecule has 1 saturated heterocycles. The highest BCUT2D eigenvalue weighted by atomic mass is 16.7. The van der Waals surface area contributed by atoms with Crippen molar-refractivity contribution in [2.75, 3.05) is 20.0 Å². The molecule has 0 aromatic heterocycles. The van der Waals surface area contributed by atoms with Gasteiger partial charge in [0, 0.05) is 24.8 Å². The van der Waals surface area contributed by atoms with E-state index < -0.39 is 0 Å². The SMILES string of the molecule is NCc1cc2c(cc1OCC1CCCCO1)OCO2. The molecule has 0 radical (unpaired) electrons. The van der Waals surface area contributed by atoms with Gasteiger partial charge in [-0.2, -0.15) is 0 Å². The van der Waals surface area contributed by atoms with Gasteiger partial charge in [-0.05, 0) is 25.3 Å². The first-order chi connectivity index (χ1) is 9.36. The van der Waals surface area contributed by atoms with Crippen molar-refractivity contribution in [3.8, 4) is 17.2 Å². The van der Waals surface area contributed by atoms with Gasteiger partial charge in [0.1, 0.15) is 12.4 Å². The second-order valence-corrected chi connectivity index (χ2v) is 4.82. The molecule has 1 aromatic rings. The zero-order valence-electron chi connectivity index (χ0n) is 10.9. The molecule has 1 fully saturated rings. The Morgan fingerprint density at radius 1 is 1.21 bits per heavy atom. The summed E-state index contributed by atoms with van der Waals surface area (Å²) in [6.45, 7) is 2.07. The number of nitrogens with two attached hydrogens (primary N) is 1. The van der Waals surface area contributed by atoms with Crippen LogP contribution >= 0.6 is 0 Å². The molecule has 2 heterocycles. The third-order valence-corrected chi connectivity index (χ3v) is 3.47. The van der Waals surface area contributed by atoms with Crippen molar-refractivity contribution in [1.29, 1.82) is 0 Å². The Labute approximate surface area is 112 Å². The lowest BCUT2D eigenvalue weighted by molar-refractivity contribution is -0.0112. The summed E-state index contributed by atoms with van der Waals surface area (Å²) in [6, 6.07) is 3.74. The Balaban J connectivity index is 1.69.